The molecule has 0 aromatic rings. The normalized spacial score (nSPS) is 43.2. The molecule has 0 radical (unpaired) electrons. The number of hydrogen-bond donors (Lipinski definition) is 2. The van der Waals surface area contributed by atoms with Crippen LogP contribution in [0.2, 0.25) is 0 Å². The number of halogens is 1. The van der Waals surface area contributed by atoms with Crippen LogP contribution in [0.5, 0.6) is 0 Å². The molecule has 0 aromatic heterocycles. The summed E-state index contributed by atoms with van der Waals surface area (Å²) in [6.45, 7) is 4.90. The quantitative estimate of drug-likeness (QED) is 0.822. The van der Waals surface area contributed by atoms with Crippen molar-refractivity contribution in [1.82, 2.24) is 10.2 Å². The molecule has 1 saturated heterocycles. The van der Waals surface area contributed by atoms with Crippen LogP contribution in [0.25, 0.3) is 0 Å². The van der Waals surface area contributed by atoms with E-state index < -0.39 is 0 Å². The molecule has 5 heteroatoms. The lowest BCUT2D eigenvalue weighted by Gasteiger charge is -2.29. The fourth-order valence-electron chi connectivity index (χ4n) is 6.04. The van der Waals surface area contributed by atoms with Crippen LogP contribution in [0, 0.1) is 29.6 Å². The predicted octanol–water partition coefficient (Wildman–Crippen LogP) is 2.02. The van der Waals surface area contributed by atoms with Crippen LogP contribution in [-0.2, 0) is 4.79 Å². The molecular weight excluding hydrogens is 310 g/mol. The van der Waals surface area contributed by atoms with Crippen molar-refractivity contribution in [2.45, 2.75) is 57.5 Å². The maximum Gasteiger partial charge on any atom is 0.234 e. The van der Waals surface area contributed by atoms with Crippen molar-refractivity contribution in [3.05, 3.63) is 0 Å². The summed E-state index contributed by atoms with van der Waals surface area (Å²) in [5.41, 5.74) is 6.18. The molecule has 1 amide bonds. The zero-order chi connectivity index (χ0) is 15.3. The molecule has 3 N–H and O–H groups in total. The topological polar surface area (TPSA) is 58.4 Å². The number of amides is 1. The van der Waals surface area contributed by atoms with Crippen molar-refractivity contribution < 1.29 is 4.79 Å². The average molecular weight is 342 g/mol. The van der Waals surface area contributed by atoms with Crippen molar-refractivity contribution in [2.75, 3.05) is 19.6 Å². The minimum Gasteiger partial charge on any atom is -0.352 e. The van der Waals surface area contributed by atoms with Crippen LogP contribution in [0.4, 0.5) is 0 Å². The largest absolute Gasteiger partial charge is 0.352 e. The smallest absolute Gasteiger partial charge is 0.234 e. The zero-order valence-electron chi connectivity index (χ0n) is 14.2. The van der Waals surface area contributed by atoms with E-state index in [4.69, 9.17) is 5.73 Å². The molecule has 3 saturated carbocycles. The Hall–Kier alpha value is -0.320. The highest BCUT2D eigenvalue weighted by Gasteiger charge is 2.43. The molecule has 2 bridgehead atoms. The highest BCUT2D eigenvalue weighted by molar-refractivity contribution is 5.85. The molecule has 4 fully saturated rings. The van der Waals surface area contributed by atoms with Gasteiger partial charge in [0.15, 0.2) is 0 Å². The molecule has 23 heavy (non-hydrogen) atoms. The van der Waals surface area contributed by atoms with E-state index in [1.165, 1.54) is 38.5 Å². The Morgan fingerprint density at radius 2 is 1.96 bits per heavy atom. The molecule has 0 spiro atoms. The van der Waals surface area contributed by atoms with E-state index in [2.05, 4.69) is 17.1 Å². The molecule has 3 aliphatic carbocycles. The van der Waals surface area contributed by atoms with Crippen molar-refractivity contribution in [1.29, 1.82) is 0 Å². The summed E-state index contributed by atoms with van der Waals surface area (Å²) >= 11 is 0. The van der Waals surface area contributed by atoms with Crippen molar-refractivity contribution in [3.8, 4) is 0 Å². The van der Waals surface area contributed by atoms with Gasteiger partial charge in [-0.1, -0.05) is 6.42 Å². The Morgan fingerprint density at radius 3 is 2.61 bits per heavy atom. The zero-order valence-corrected chi connectivity index (χ0v) is 15.1. The minimum atomic E-state index is 0. The lowest BCUT2D eigenvalue weighted by molar-refractivity contribution is -0.123. The number of nitrogens with two attached hydrogens (primary N) is 1. The van der Waals surface area contributed by atoms with Crippen molar-refractivity contribution in [3.63, 3.8) is 0 Å². The summed E-state index contributed by atoms with van der Waals surface area (Å²) in [7, 11) is 0. The second-order valence-electron chi connectivity index (χ2n) is 8.55. The Morgan fingerprint density at radius 1 is 1.17 bits per heavy atom. The molecule has 4 nitrogen and oxygen atoms in total. The van der Waals surface area contributed by atoms with Crippen LogP contribution < -0.4 is 11.1 Å². The Kier molecular flexibility index (Phi) is 5.24. The summed E-state index contributed by atoms with van der Waals surface area (Å²) in [6, 6.07) is 0.721. The number of fused-ring (bicyclic) bond motifs is 3. The number of carbonyl (C=O) groups excluding carboxylic acids is 1. The first kappa shape index (κ1) is 17.5. The first-order valence-electron chi connectivity index (χ1n) is 9.37. The van der Waals surface area contributed by atoms with Gasteiger partial charge in [0.25, 0.3) is 0 Å². The van der Waals surface area contributed by atoms with Crippen molar-refractivity contribution in [2.24, 2.45) is 35.3 Å². The molecule has 1 heterocycles. The number of carbonyl (C=O) groups is 1. The summed E-state index contributed by atoms with van der Waals surface area (Å²) in [4.78, 5) is 14.7. The first-order valence-corrected chi connectivity index (χ1v) is 9.37. The van der Waals surface area contributed by atoms with Gasteiger partial charge in [-0.15, -0.1) is 12.4 Å². The van der Waals surface area contributed by atoms with E-state index in [0.717, 1.165) is 36.8 Å². The van der Waals surface area contributed by atoms with Gasteiger partial charge in [0.05, 0.1) is 6.54 Å². The summed E-state index contributed by atoms with van der Waals surface area (Å²) < 4.78 is 0. The van der Waals surface area contributed by atoms with E-state index in [9.17, 15) is 4.79 Å². The number of rotatable bonds is 4. The molecule has 1 aliphatic heterocycles. The molecule has 4 rings (SSSR count). The average Bonchev–Trinajstić information content (AvgIpc) is 3.21. The standard InChI is InChI=1S/C18H31N3O.ClH/c1-11(15-7-12-2-3-13(15)6-12)20-18(22)10-21-8-14-4-5-17(19)16(14)9-21;/h11-17H,2-10,19H2,1H3,(H,20,22);1H. The van der Waals surface area contributed by atoms with E-state index in [-0.39, 0.29) is 18.3 Å². The Balaban J connectivity index is 0.00000156. The molecule has 4 aliphatic rings. The Labute approximate surface area is 146 Å². The third kappa shape index (κ3) is 3.40. The molecule has 7 unspecified atom stereocenters. The van der Waals surface area contributed by atoms with Crippen LogP contribution in [0.1, 0.15) is 45.4 Å². The van der Waals surface area contributed by atoms with E-state index in [1.54, 1.807) is 0 Å². The first-order chi connectivity index (χ1) is 10.6. The van der Waals surface area contributed by atoms with Crippen LogP contribution in [0.15, 0.2) is 0 Å². The third-order valence-corrected chi connectivity index (χ3v) is 7.18. The van der Waals surface area contributed by atoms with Gasteiger partial charge in [0.1, 0.15) is 0 Å². The van der Waals surface area contributed by atoms with Crippen LogP contribution >= 0.6 is 12.4 Å². The van der Waals surface area contributed by atoms with Crippen LogP contribution in [-0.4, -0.2) is 42.5 Å². The van der Waals surface area contributed by atoms with Crippen LogP contribution in [0.3, 0.4) is 0 Å². The summed E-state index contributed by atoms with van der Waals surface area (Å²) in [6.07, 6.45) is 8.01. The van der Waals surface area contributed by atoms with Gasteiger partial charge < -0.3 is 11.1 Å². The Bertz CT molecular complexity index is 446. The maximum absolute atomic E-state index is 12.4. The van der Waals surface area contributed by atoms with Crippen molar-refractivity contribution >= 4 is 18.3 Å². The van der Waals surface area contributed by atoms with E-state index in [0.29, 0.717) is 24.5 Å². The fraction of sp³-hybridized carbons (Fsp3) is 0.944. The van der Waals surface area contributed by atoms with Gasteiger partial charge in [-0.2, -0.15) is 0 Å². The highest BCUT2D eigenvalue weighted by atomic mass is 35.5. The lowest BCUT2D eigenvalue weighted by Crippen LogP contribution is -2.45. The molecule has 0 aromatic carbocycles. The van der Waals surface area contributed by atoms with Gasteiger partial charge in [0, 0.05) is 25.2 Å². The monoisotopic (exact) mass is 341 g/mol. The molecule has 7 atom stereocenters. The van der Waals surface area contributed by atoms with Gasteiger partial charge in [0.2, 0.25) is 5.91 Å². The highest BCUT2D eigenvalue weighted by Crippen LogP contribution is 2.49. The summed E-state index contributed by atoms with van der Waals surface area (Å²) in [5.74, 6) is 4.16. The fourth-order valence-corrected chi connectivity index (χ4v) is 6.04. The summed E-state index contributed by atoms with van der Waals surface area (Å²) in [5, 5.41) is 3.30. The second-order valence-corrected chi connectivity index (χ2v) is 8.55. The van der Waals surface area contributed by atoms with Gasteiger partial charge >= 0.3 is 0 Å². The van der Waals surface area contributed by atoms with E-state index >= 15 is 0 Å². The van der Waals surface area contributed by atoms with Gasteiger partial charge in [-0.05, 0) is 68.6 Å². The maximum atomic E-state index is 12.4. The third-order valence-electron chi connectivity index (χ3n) is 7.18. The minimum absolute atomic E-state index is 0. The SMILES string of the molecule is CC(NC(=O)CN1CC2CCC(N)C2C1)C1CC2CCC1C2.Cl. The lowest BCUT2D eigenvalue weighted by atomic mass is 9.84. The number of likely N-dealkylation sites (tertiary alicyclic amines) is 1. The number of hydrogen-bond acceptors (Lipinski definition) is 3. The predicted molar refractivity (Wildman–Crippen MR) is 94.4 cm³/mol. The van der Waals surface area contributed by atoms with Gasteiger partial charge in [-0.25, -0.2) is 0 Å². The second kappa shape index (κ2) is 6.89. The van der Waals surface area contributed by atoms with E-state index in [1.807, 2.05) is 0 Å². The number of nitrogens with zero attached hydrogens (tertiary/aromatic N) is 1. The molecular formula is C18H32ClN3O. The number of nitrogens with one attached hydrogen (secondary N) is 1. The van der Waals surface area contributed by atoms with Gasteiger partial charge in [-0.3, -0.25) is 9.69 Å². The molecule has 132 valence electrons.